The van der Waals surface area contributed by atoms with Gasteiger partial charge in [-0.2, -0.15) is 11.8 Å². The predicted octanol–water partition coefficient (Wildman–Crippen LogP) is 2.15. The van der Waals surface area contributed by atoms with E-state index in [9.17, 15) is 9.18 Å². The molecule has 0 spiro atoms. The van der Waals surface area contributed by atoms with Crippen LogP contribution in [0.3, 0.4) is 0 Å². The number of rotatable bonds is 3. The number of carbonyl (C=O) groups is 1. The van der Waals surface area contributed by atoms with Gasteiger partial charge in [-0.15, -0.1) is 0 Å². The van der Waals surface area contributed by atoms with Crippen molar-refractivity contribution in [3.05, 3.63) is 29.6 Å². The van der Waals surface area contributed by atoms with Crippen LogP contribution in [-0.4, -0.2) is 22.4 Å². The molecule has 0 radical (unpaired) electrons. The smallest absolute Gasteiger partial charge is 0.228 e. The number of anilines is 1. The van der Waals surface area contributed by atoms with Gasteiger partial charge in [0.2, 0.25) is 5.91 Å². The molecule has 0 saturated carbocycles. The van der Waals surface area contributed by atoms with E-state index < -0.39 is 5.82 Å². The summed E-state index contributed by atoms with van der Waals surface area (Å²) in [6.07, 6.45) is 0.889. The fraction of sp³-hybridized carbons (Fsp3) is 0.333. The molecule has 1 atom stereocenters. The molecule has 0 bridgehead atoms. The Morgan fingerprint density at radius 1 is 1.56 bits per heavy atom. The van der Waals surface area contributed by atoms with Crippen molar-refractivity contribution in [2.45, 2.75) is 6.42 Å². The second-order valence-electron chi connectivity index (χ2n) is 4.11. The topological polar surface area (TPSA) is 55.1 Å². The number of amides is 1. The van der Waals surface area contributed by atoms with Crippen LogP contribution in [0.15, 0.2) is 18.2 Å². The summed E-state index contributed by atoms with van der Waals surface area (Å²) in [5.41, 5.74) is 6.10. The Balaban J connectivity index is 2.11. The van der Waals surface area contributed by atoms with Crippen LogP contribution in [0.4, 0.5) is 10.1 Å². The Morgan fingerprint density at radius 2 is 2.33 bits per heavy atom. The van der Waals surface area contributed by atoms with Crippen LogP contribution in [0.1, 0.15) is 12.0 Å². The maximum atomic E-state index is 13.4. The molecule has 1 amide bonds. The van der Waals surface area contributed by atoms with Gasteiger partial charge in [-0.3, -0.25) is 4.79 Å². The van der Waals surface area contributed by atoms with Gasteiger partial charge in [-0.05, 0) is 30.4 Å². The van der Waals surface area contributed by atoms with Crippen molar-refractivity contribution in [3.8, 4) is 0 Å². The summed E-state index contributed by atoms with van der Waals surface area (Å²) in [7, 11) is 0. The third-order valence-corrected chi connectivity index (χ3v) is 4.18. The Bertz CT molecular complexity index is 487. The van der Waals surface area contributed by atoms with E-state index in [0.29, 0.717) is 5.69 Å². The predicted molar refractivity (Wildman–Crippen MR) is 76.3 cm³/mol. The second kappa shape index (κ2) is 5.67. The molecule has 1 aliphatic heterocycles. The van der Waals surface area contributed by atoms with Crippen LogP contribution in [0.5, 0.6) is 0 Å². The standard InChI is InChI=1S/C12H13FN2OS2/c13-10-2-1-8(5-9(10)11(14)17)15-12(16)7-3-4-18-6-7/h1-2,5,7H,3-4,6H2,(H2,14,17)(H,15,16). The first-order valence-corrected chi connectivity index (χ1v) is 7.12. The highest BCUT2D eigenvalue weighted by molar-refractivity contribution is 7.99. The molecular formula is C12H13FN2OS2. The monoisotopic (exact) mass is 284 g/mol. The third kappa shape index (κ3) is 3.00. The number of nitrogens with one attached hydrogen (secondary N) is 1. The SMILES string of the molecule is NC(=S)c1cc(NC(=O)C2CCSC2)ccc1F. The maximum absolute atomic E-state index is 13.4. The third-order valence-electron chi connectivity index (χ3n) is 2.80. The minimum absolute atomic E-state index is 0.0139. The first kappa shape index (κ1) is 13.3. The number of hydrogen-bond acceptors (Lipinski definition) is 3. The van der Waals surface area contributed by atoms with Crippen molar-refractivity contribution < 1.29 is 9.18 Å². The largest absolute Gasteiger partial charge is 0.389 e. The Hall–Kier alpha value is -1.14. The lowest BCUT2D eigenvalue weighted by Gasteiger charge is -2.11. The molecule has 0 aliphatic carbocycles. The molecule has 6 heteroatoms. The summed E-state index contributed by atoms with van der Waals surface area (Å²) in [6, 6.07) is 4.24. The second-order valence-corrected chi connectivity index (χ2v) is 5.70. The lowest BCUT2D eigenvalue weighted by Crippen LogP contribution is -2.22. The summed E-state index contributed by atoms with van der Waals surface area (Å²) in [5, 5.41) is 2.77. The Kier molecular flexibility index (Phi) is 4.19. The summed E-state index contributed by atoms with van der Waals surface area (Å²) in [6.45, 7) is 0. The lowest BCUT2D eigenvalue weighted by atomic mass is 10.1. The highest BCUT2D eigenvalue weighted by atomic mass is 32.2. The fourth-order valence-electron chi connectivity index (χ4n) is 1.78. The summed E-state index contributed by atoms with van der Waals surface area (Å²) in [4.78, 5) is 11.9. The number of nitrogens with two attached hydrogens (primary N) is 1. The van der Waals surface area contributed by atoms with Crippen LogP contribution in [-0.2, 0) is 4.79 Å². The number of thioether (sulfide) groups is 1. The van der Waals surface area contributed by atoms with Gasteiger partial charge in [-0.25, -0.2) is 4.39 Å². The van der Waals surface area contributed by atoms with Gasteiger partial charge in [0.1, 0.15) is 10.8 Å². The van der Waals surface area contributed by atoms with Crippen molar-refractivity contribution >= 4 is 40.6 Å². The van der Waals surface area contributed by atoms with Gasteiger partial charge in [0.25, 0.3) is 0 Å². The number of carbonyl (C=O) groups excluding carboxylic acids is 1. The fourth-order valence-corrected chi connectivity index (χ4v) is 3.15. The minimum Gasteiger partial charge on any atom is -0.389 e. The quantitative estimate of drug-likeness (QED) is 0.835. The lowest BCUT2D eigenvalue weighted by molar-refractivity contribution is -0.119. The molecule has 2 rings (SSSR count). The van der Waals surface area contributed by atoms with Crippen molar-refractivity contribution in [1.29, 1.82) is 0 Å². The van der Waals surface area contributed by atoms with Crippen LogP contribution >= 0.6 is 24.0 Å². The normalized spacial score (nSPS) is 18.6. The molecule has 1 aromatic carbocycles. The zero-order valence-electron chi connectivity index (χ0n) is 9.61. The molecule has 1 unspecified atom stereocenters. The summed E-state index contributed by atoms with van der Waals surface area (Å²) >= 11 is 6.52. The van der Waals surface area contributed by atoms with E-state index in [-0.39, 0.29) is 22.4 Å². The number of hydrogen-bond donors (Lipinski definition) is 2. The summed E-state index contributed by atoms with van der Waals surface area (Å²) in [5.74, 6) is 1.39. The molecule has 1 aromatic rings. The molecule has 18 heavy (non-hydrogen) atoms. The van der Waals surface area contributed by atoms with Crippen LogP contribution in [0.25, 0.3) is 0 Å². The number of halogens is 1. The van der Waals surface area contributed by atoms with Crippen LogP contribution in [0.2, 0.25) is 0 Å². The molecule has 3 N–H and O–H groups in total. The molecule has 1 fully saturated rings. The summed E-state index contributed by atoms with van der Waals surface area (Å²) < 4.78 is 13.4. The van der Waals surface area contributed by atoms with Crippen LogP contribution in [0, 0.1) is 11.7 Å². The molecule has 0 aromatic heterocycles. The Morgan fingerprint density at radius 3 is 2.94 bits per heavy atom. The molecular weight excluding hydrogens is 271 g/mol. The van der Waals surface area contributed by atoms with E-state index in [1.165, 1.54) is 18.2 Å². The highest BCUT2D eigenvalue weighted by Crippen LogP contribution is 2.25. The van der Waals surface area contributed by atoms with E-state index in [1.54, 1.807) is 11.8 Å². The number of benzene rings is 1. The maximum Gasteiger partial charge on any atom is 0.228 e. The van der Waals surface area contributed by atoms with E-state index in [0.717, 1.165) is 17.9 Å². The minimum atomic E-state index is -0.475. The highest BCUT2D eigenvalue weighted by Gasteiger charge is 2.23. The van der Waals surface area contributed by atoms with Gasteiger partial charge in [0.15, 0.2) is 0 Å². The van der Waals surface area contributed by atoms with Gasteiger partial charge >= 0.3 is 0 Å². The van der Waals surface area contributed by atoms with E-state index in [2.05, 4.69) is 5.32 Å². The van der Waals surface area contributed by atoms with Gasteiger partial charge in [0.05, 0.1) is 0 Å². The molecule has 3 nitrogen and oxygen atoms in total. The zero-order chi connectivity index (χ0) is 13.1. The van der Waals surface area contributed by atoms with Gasteiger partial charge in [0, 0.05) is 22.9 Å². The van der Waals surface area contributed by atoms with Crippen molar-refractivity contribution in [2.24, 2.45) is 11.7 Å². The van der Waals surface area contributed by atoms with Crippen molar-refractivity contribution in [3.63, 3.8) is 0 Å². The number of thiocarbonyl (C=S) groups is 1. The molecule has 1 saturated heterocycles. The molecule has 1 heterocycles. The van der Waals surface area contributed by atoms with E-state index in [1.807, 2.05) is 0 Å². The first-order valence-electron chi connectivity index (χ1n) is 5.56. The van der Waals surface area contributed by atoms with Crippen molar-refractivity contribution in [1.82, 2.24) is 0 Å². The molecule has 96 valence electrons. The Labute approximate surface area is 114 Å². The average Bonchev–Trinajstić information content (AvgIpc) is 2.85. The van der Waals surface area contributed by atoms with Gasteiger partial charge in [-0.1, -0.05) is 12.2 Å². The zero-order valence-corrected chi connectivity index (χ0v) is 11.2. The average molecular weight is 284 g/mol. The molecule has 1 aliphatic rings. The van der Waals surface area contributed by atoms with E-state index >= 15 is 0 Å². The van der Waals surface area contributed by atoms with Crippen LogP contribution < -0.4 is 11.1 Å². The van der Waals surface area contributed by atoms with Crippen molar-refractivity contribution in [2.75, 3.05) is 16.8 Å². The van der Waals surface area contributed by atoms with Gasteiger partial charge < -0.3 is 11.1 Å². The first-order chi connectivity index (χ1) is 8.58. The van der Waals surface area contributed by atoms with E-state index in [4.69, 9.17) is 18.0 Å².